The lowest BCUT2D eigenvalue weighted by atomic mass is 9.86. The predicted molar refractivity (Wildman–Crippen MR) is 124 cm³/mol. The Hall–Kier alpha value is -3.08. The molecule has 0 aliphatic carbocycles. The van der Waals surface area contributed by atoms with Gasteiger partial charge in [-0.2, -0.15) is 0 Å². The van der Waals surface area contributed by atoms with Crippen LogP contribution in [-0.4, -0.2) is 28.1 Å². The van der Waals surface area contributed by atoms with E-state index in [0.717, 1.165) is 44.5 Å². The molecule has 1 aromatic heterocycles. The molecule has 0 saturated carbocycles. The van der Waals surface area contributed by atoms with Crippen molar-refractivity contribution < 1.29 is 14.6 Å². The van der Waals surface area contributed by atoms with Crippen LogP contribution >= 0.6 is 0 Å². The number of aromatic hydroxyl groups is 1. The van der Waals surface area contributed by atoms with Gasteiger partial charge in [-0.05, 0) is 82.3 Å². The van der Waals surface area contributed by atoms with Gasteiger partial charge in [0.05, 0.1) is 5.52 Å². The minimum Gasteiger partial charge on any atom is -0.507 e. The Morgan fingerprint density at radius 2 is 1.87 bits per heavy atom. The number of nitrogens with zero attached hydrogens (tertiary/aromatic N) is 2. The smallest absolute Gasteiger partial charge is 0.272 e. The molecular weight excluding hydrogens is 388 g/mol. The van der Waals surface area contributed by atoms with Crippen LogP contribution in [0.25, 0.3) is 10.9 Å². The summed E-state index contributed by atoms with van der Waals surface area (Å²) in [6.45, 7) is 12.1. The van der Waals surface area contributed by atoms with Crippen molar-refractivity contribution in [3.05, 3.63) is 58.1 Å². The molecule has 3 aromatic rings. The van der Waals surface area contributed by atoms with Gasteiger partial charge in [0.25, 0.3) is 5.91 Å². The Labute approximate surface area is 183 Å². The van der Waals surface area contributed by atoms with E-state index in [4.69, 9.17) is 9.72 Å². The fourth-order valence-electron chi connectivity index (χ4n) is 4.56. The van der Waals surface area contributed by atoms with Crippen LogP contribution in [0.5, 0.6) is 11.5 Å². The van der Waals surface area contributed by atoms with Crippen LogP contribution < -0.4 is 9.64 Å². The summed E-state index contributed by atoms with van der Waals surface area (Å²) >= 11 is 0. The van der Waals surface area contributed by atoms with Crippen LogP contribution in [0, 0.1) is 27.7 Å². The van der Waals surface area contributed by atoms with Crippen LogP contribution in [-0.2, 0) is 11.2 Å². The third-order valence-corrected chi connectivity index (χ3v) is 6.72. The second kappa shape index (κ2) is 7.56. The summed E-state index contributed by atoms with van der Waals surface area (Å²) in [5.74, 6) is 1.61. The topological polar surface area (TPSA) is 62.7 Å². The highest BCUT2D eigenvalue weighted by atomic mass is 16.5. The van der Waals surface area contributed by atoms with Crippen LogP contribution in [0.1, 0.15) is 48.1 Å². The summed E-state index contributed by atoms with van der Waals surface area (Å²) in [7, 11) is 0. The average molecular weight is 419 g/mol. The molecule has 31 heavy (non-hydrogen) atoms. The van der Waals surface area contributed by atoms with E-state index in [9.17, 15) is 9.90 Å². The summed E-state index contributed by atoms with van der Waals surface area (Å²) in [6.07, 6.45) is 1.23. The number of phenols is 1. The predicted octanol–water partition coefficient (Wildman–Crippen LogP) is 5.31. The van der Waals surface area contributed by atoms with Gasteiger partial charge in [0.15, 0.2) is 5.60 Å². The van der Waals surface area contributed by atoms with Gasteiger partial charge in [0, 0.05) is 23.9 Å². The van der Waals surface area contributed by atoms with Crippen molar-refractivity contribution >= 4 is 22.6 Å². The van der Waals surface area contributed by atoms with Crippen molar-refractivity contribution in [2.45, 2.75) is 60.0 Å². The Morgan fingerprint density at radius 1 is 1.16 bits per heavy atom. The first-order valence-electron chi connectivity index (χ1n) is 10.9. The number of aryl methyl sites for hydroxylation is 1. The number of phenolic OH excluding ortho intramolecular Hbond substituents is 1. The van der Waals surface area contributed by atoms with E-state index in [1.165, 1.54) is 0 Å². The van der Waals surface area contributed by atoms with Gasteiger partial charge in [0.2, 0.25) is 0 Å². The lowest BCUT2D eigenvalue weighted by Gasteiger charge is -2.39. The third kappa shape index (κ3) is 3.32. The minimum absolute atomic E-state index is 0.0920. The molecule has 0 bridgehead atoms. The lowest BCUT2D eigenvalue weighted by Crippen LogP contribution is -2.53. The first-order chi connectivity index (χ1) is 14.7. The molecule has 0 spiro atoms. The van der Waals surface area contributed by atoms with Crippen LogP contribution in [0.3, 0.4) is 0 Å². The summed E-state index contributed by atoms with van der Waals surface area (Å²) < 4.78 is 6.42. The molecule has 1 unspecified atom stereocenters. The van der Waals surface area contributed by atoms with E-state index in [1.54, 1.807) is 4.90 Å². The number of aromatic nitrogens is 1. The summed E-state index contributed by atoms with van der Waals surface area (Å²) in [6, 6.07) is 9.95. The van der Waals surface area contributed by atoms with Crippen molar-refractivity contribution in [2.24, 2.45) is 0 Å². The van der Waals surface area contributed by atoms with Crippen LogP contribution in [0.4, 0.5) is 5.82 Å². The number of hydrogen-bond acceptors (Lipinski definition) is 4. The number of amides is 1. The SMILES string of the molecule is CCN(C(=O)C1(C)CCc2c(C)c(O)c(C)c(C)c2O1)c1cc(C)c2ccccc2n1. The maximum Gasteiger partial charge on any atom is 0.272 e. The molecule has 162 valence electrons. The Morgan fingerprint density at radius 3 is 2.58 bits per heavy atom. The zero-order valence-corrected chi connectivity index (χ0v) is 19.2. The minimum atomic E-state index is -0.995. The van der Waals surface area contributed by atoms with Gasteiger partial charge < -0.3 is 9.84 Å². The van der Waals surface area contributed by atoms with Crippen LogP contribution in [0.15, 0.2) is 30.3 Å². The van der Waals surface area contributed by atoms with Crippen molar-refractivity contribution in [1.82, 2.24) is 4.98 Å². The van der Waals surface area contributed by atoms with Gasteiger partial charge >= 0.3 is 0 Å². The zero-order valence-electron chi connectivity index (χ0n) is 19.2. The number of fused-ring (bicyclic) bond motifs is 2. The normalized spacial score (nSPS) is 17.9. The van der Waals surface area contributed by atoms with Gasteiger partial charge in [0.1, 0.15) is 17.3 Å². The van der Waals surface area contributed by atoms with E-state index in [0.29, 0.717) is 31.0 Å². The van der Waals surface area contributed by atoms with E-state index in [2.05, 4.69) is 0 Å². The molecule has 1 amide bonds. The van der Waals surface area contributed by atoms with E-state index < -0.39 is 5.60 Å². The van der Waals surface area contributed by atoms with E-state index in [-0.39, 0.29) is 5.91 Å². The van der Waals surface area contributed by atoms with Gasteiger partial charge in [-0.15, -0.1) is 0 Å². The lowest BCUT2D eigenvalue weighted by molar-refractivity contribution is -0.134. The van der Waals surface area contributed by atoms with Crippen molar-refractivity contribution in [3.8, 4) is 11.5 Å². The number of hydrogen-bond donors (Lipinski definition) is 1. The van der Waals surface area contributed by atoms with E-state index in [1.807, 2.05) is 71.9 Å². The first kappa shape index (κ1) is 21.2. The van der Waals surface area contributed by atoms with Crippen LogP contribution in [0.2, 0.25) is 0 Å². The molecule has 5 nitrogen and oxygen atoms in total. The summed E-state index contributed by atoms with van der Waals surface area (Å²) in [5.41, 5.74) is 4.49. The number of likely N-dealkylation sites (N-methyl/N-ethyl adjacent to an activating group) is 1. The highest BCUT2D eigenvalue weighted by Crippen LogP contribution is 2.44. The summed E-state index contributed by atoms with van der Waals surface area (Å²) in [4.78, 5) is 20.3. The second-order valence-electron chi connectivity index (χ2n) is 8.73. The number of para-hydroxylation sites is 1. The molecular formula is C26H30N2O3. The van der Waals surface area contributed by atoms with Gasteiger partial charge in [-0.1, -0.05) is 18.2 Å². The number of benzene rings is 2. The monoisotopic (exact) mass is 418 g/mol. The number of ether oxygens (including phenoxy) is 1. The molecule has 4 rings (SSSR count). The molecule has 5 heteroatoms. The molecule has 1 N–H and O–H groups in total. The molecule has 2 aromatic carbocycles. The molecule has 0 saturated heterocycles. The standard InChI is InChI=1S/C26H30N2O3/c1-7-28(22-14-15(2)19-10-8-9-11-21(19)27-22)25(30)26(6)13-12-20-18(5)23(29)16(3)17(4)24(20)31-26/h8-11,14,29H,7,12-13H2,1-6H3. The fraction of sp³-hybridized carbons (Fsp3) is 0.385. The van der Waals surface area contributed by atoms with E-state index >= 15 is 0 Å². The number of rotatable bonds is 3. The number of pyridine rings is 1. The average Bonchev–Trinajstić information content (AvgIpc) is 2.76. The van der Waals surface area contributed by atoms with Crippen molar-refractivity contribution in [2.75, 3.05) is 11.4 Å². The quantitative estimate of drug-likeness (QED) is 0.626. The largest absolute Gasteiger partial charge is 0.507 e. The number of anilines is 1. The fourth-order valence-corrected chi connectivity index (χ4v) is 4.56. The summed E-state index contributed by atoms with van der Waals surface area (Å²) in [5, 5.41) is 11.5. The number of carbonyl (C=O) groups is 1. The highest BCUT2D eigenvalue weighted by Gasteiger charge is 2.43. The van der Waals surface area contributed by atoms with Gasteiger partial charge in [-0.3, -0.25) is 9.69 Å². The molecule has 0 radical (unpaired) electrons. The molecule has 2 heterocycles. The Balaban J connectivity index is 1.74. The Kier molecular flexibility index (Phi) is 5.16. The third-order valence-electron chi connectivity index (χ3n) is 6.72. The second-order valence-corrected chi connectivity index (χ2v) is 8.73. The van der Waals surface area contributed by atoms with Crippen molar-refractivity contribution in [1.29, 1.82) is 0 Å². The first-order valence-corrected chi connectivity index (χ1v) is 10.9. The molecule has 1 aliphatic rings. The van der Waals surface area contributed by atoms with Crippen molar-refractivity contribution in [3.63, 3.8) is 0 Å². The number of carbonyl (C=O) groups excluding carboxylic acids is 1. The Bertz CT molecular complexity index is 1200. The maximum absolute atomic E-state index is 13.8. The molecule has 1 atom stereocenters. The van der Waals surface area contributed by atoms with Gasteiger partial charge in [-0.25, -0.2) is 4.98 Å². The zero-order chi connectivity index (χ0) is 22.5. The maximum atomic E-state index is 13.8. The molecule has 1 aliphatic heterocycles. The highest BCUT2D eigenvalue weighted by molar-refractivity contribution is 6.00. The molecule has 0 fully saturated rings.